The largest absolute Gasteiger partial charge is 0.493 e. The van der Waals surface area contributed by atoms with Crippen LogP contribution in [0, 0.1) is 0 Å². The fraction of sp³-hybridized carbons (Fsp3) is 0.647. The molecule has 1 aromatic rings. The van der Waals surface area contributed by atoms with Gasteiger partial charge in [-0.2, -0.15) is 0 Å². The van der Waals surface area contributed by atoms with Gasteiger partial charge >= 0.3 is 0 Å². The number of ether oxygens (including phenoxy) is 3. The zero-order valence-corrected chi connectivity index (χ0v) is 14.2. The molecule has 1 unspecified atom stereocenters. The van der Waals surface area contributed by atoms with Crippen molar-refractivity contribution in [3.8, 4) is 11.5 Å². The summed E-state index contributed by atoms with van der Waals surface area (Å²) in [5, 5.41) is 0. The number of rotatable bonds is 7. The Hall–Kier alpha value is -1.30. The predicted molar refractivity (Wildman–Crippen MR) is 87.9 cm³/mol. The summed E-state index contributed by atoms with van der Waals surface area (Å²) >= 11 is 0. The molecule has 1 heterocycles. The molecule has 0 aromatic heterocycles. The maximum Gasteiger partial charge on any atom is 0.161 e. The van der Waals surface area contributed by atoms with Gasteiger partial charge < -0.3 is 19.1 Å². The van der Waals surface area contributed by atoms with Crippen LogP contribution in [0.2, 0.25) is 0 Å². The molecule has 0 radical (unpaired) electrons. The average Bonchev–Trinajstić information content (AvgIpc) is 2.55. The molecule has 2 rings (SSSR count). The molecule has 5 heteroatoms. The summed E-state index contributed by atoms with van der Waals surface area (Å²) in [4.78, 5) is 4.74. The van der Waals surface area contributed by atoms with Gasteiger partial charge in [-0.05, 0) is 44.8 Å². The average molecular weight is 308 g/mol. The first-order valence-corrected chi connectivity index (χ1v) is 7.84. The number of morpholine rings is 1. The van der Waals surface area contributed by atoms with Gasteiger partial charge in [0.15, 0.2) is 11.5 Å². The third-order valence-electron chi connectivity index (χ3n) is 4.13. The second kappa shape index (κ2) is 8.36. The lowest BCUT2D eigenvalue weighted by molar-refractivity contribution is 0.0129. The van der Waals surface area contributed by atoms with E-state index >= 15 is 0 Å². The van der Waals surface area contributed by atoms with Crippen LogP contribution >= 0.6 is 0 Å². The highest BCUT2D eigenvalue weighted by Gasteiger charge is 2.23. The molecule has 1 saturated heterocycles. The minimum atomic E-state index is 0.381. The highest BCUT2D eigenvalue weighted by molar-refractivity contribution is 5.43. The van der Waals surface area contributed by atoms with E-state index in [1.54, 1.807) is 14.2 Å². The first-order valence-electron chi connectivity index (χ1n) is 7.84. The van der Waals surface area contributed by atoms with Crippen LogP contribution in [0.3, 0.4) is 0 Å². The van der Waals surface area contributed by atoms with Gasteiger partial charge in [-0.1, -0.05) is 6.07 Å². The highest BCUT2D eigenvalue weighted by Crippen LogP contribution is 2.33. The lowest BCUT2D eigenvalue weighted by Gasteiger charge is -2.35. The Bertz CT molecular complexity index is 459. The standard InChI is InChI=1S/C17H28N2O3/c1-18(2)8-7-15(19-9-11-22-12-10-19)14-5-6-16(20-3)17(13-14)21-4/h5-6,13,15H,7-12H2,1-4H3. The van der Waals surface area contributed by atoms with Crippen LogP contribution in [0.15, 0.2) is 18.2 Å². The maximum atomic E-state index is 5.50. The molecule has 1 aliphatic rings. The molecule has 22 heavy (non-hydrogen) atoms. The van der Waals surface area contributed by atoms with Crippen LogP contribution in [0.25, 0.3) is 0 Å². The van der Waals surface area contributed by atoms with E-state index in [2.05, 4.69) is 36.0 Å². The van der Waals surface area contributed by atoms with Crippen molar-refractivity contribution in [3.63, 3.8) is 0 Å². The zero-order valence-electron chi connectivity index (χ0n) is 14.2. The van der Waals surface area contributed by atoms with Crippen molar-refractivity contribution in [3.05, 3.63) is 23.8 Å². The first kappa shape index (κ1) is 17.1. The Balaban J connectivity index is 2.22. The Morgan fingerprint density at radius 1 is 1.14 bits per heavy atom. The van der Waals surface area contributed by atoms with E-state index in [-0.39, 0.29) is 0 Å². The Morgan fingerprint density at radius 3 is 2.41 bits per heavy atom. The van der Waals surface area contributed by atoms with Crippen LogP contribution in [-0.4, -0.2) is 71.0 Å². The Labute approximate surface area is 133 Å². The normalized spacial score (nSPS) is 17.5. The van der Waals surface area contributed by atoms with Crippen LogP contribution in [0.5, 0.6) is 11.5 Å². The van der Waals surface area contributed by atoms with E-state index in [1.807, 2.05) is 6.07 Å². The van der Waals surface area contributed by atoms with Crippen LogP contribution in [0.1, 0.15) is 18.0 Å². The van der Waals surface area contributed by atoms with Crippen molar-refractivity contribution in [2.45, 2.75) is 12.5 Å². The van der Waals surface area contributed by atoms with Gasteiger partial charge in [0.1, 0.15) is 0 Å². The molecule has 124 valence electrons. The van der Waals surface area contributed by atoms with Crippen LogP contribution in [0.4, 0.5) is 0 Å². The number of nitrogens with zero attached hydrogens (tertiary/aromatic N) is 2. The fourth-order valence-corrected chi connectivity index (χ4v) is 2.89. The zero-order chi connectivity index (χ0) is 15.9. The summed E-state index contributed by atoms with van der Waals surface area (Å²) < 4.78 is 16.3. The highest BCUT2D eigenvalue weighted by atomic mass is 16.5. The maximum absolute atomic E-state index is 5.50. The van der Waals surface area contributed by atoms with Crippen molar-refractivity contribution < 1.29 is 14.2 Å². The van der Waals surface area contributed by atoms with Crippen molar-refractivity contribution in [2.24, 2.45) is 0 Å². The number of hydrogen-bond donors (Lipinski definition) is 0. The first-order chi connectivity index (χ1) is 10.7. The summed E-state index contributed by atoms with van der Waals surface area (Å²) in [6.45, 7) is 4.63. The molecule has 1 aliphatic heterocycles. The molecule has 1 fully saturated rings. The lowest BCUT2D eigenvalue weighted by Crippen LogP contribution is -2.40. The molecule has 0 amide bonds. The lowest BCUT2D eigenvalue weighted by atomic mass is 10.0. The predicted octanol–water partition coefficient (Wildman–Crippen LogP) is 2.03. The molecular formula is C17H28N2O3. The van der Waals surface area contributed by atoms with Gasteiger partial charge in [0.2, 0.25) is 0 Å². The van der Waals surface area contributed by atoms with Crippen molar-refractivity contribution in [2.75, 3.05) is 61.2 Å². The number of hydrogen-bond acceptors (Lipinski definition) is 5. The van der Waals surface area contributed by atoms with Gasteiger partial charge in [0.05, 0.1) is 27.4 Å². The van der Waals surface area contributed by atoms with Gasteiger partial charge in [0, 0.05) is 19.1 Å². The molecule has 0 aliphatic carbocycles. The van der Waals surface area contributed by atoms with Gasteiger partial charge in [-0.15, -0.1) is 0 Å². The second-order valence-corrected chi connectivity index (χ2v) is 5.87. The minimum absolute atomic E-state index is 0.381. The SMILES string of the molecule is COc1ccc(C(CCN(C)C)N2CCOCC2)cc1OC. The molecule has 5 nitrogen and oxygen atoms in total. The number of benzene rings is 1. The van der Waals surface area contributed by atoms with Crippen molar-refractivity contribution in [1.82, 2.24) is 9.80 Å². The topological polar surface area (TPSA) is 34.2 Å². The molecule has 1 atom stereocenters. The van der Waals surface area contributed by atoms with Gasteiger partial charge in [0.25, 0.3) is 0 Å². The molecule has 1 aromatic carbocycles. The Kier molecular flexibility index (Phi) is 6.49. The molecule has 0 saturated carbocycles. The quantitative estimate of drug-likeness (QED) is 0.770. The smallest absolute Gasteiger partial charge is 0.161 e. The van der Waals surface area contributed by atoms with Gasteiger partial charge in [-0.3, -0.25) is 4.90 Å². The molecular weight excluding hydrogens is 280 g/mol. The molecule has 0 spiro atoms. The fourth-order valence-electron chi connectivity index (χ4n) is 2.89. The summed E-state index contributed by atoms with van der Waals surface area (Å²) in [7, 11) is 7.59. The molecule has 0 N–H and O–H groups in total. The van der Waals surface area contributed by atoms with Crippen molar-refractivity contribution in [1.29, 1.82) is 0 Å². The third kappa shape index (κ3) is 4.35. The second-order valence-electron chi connectivity index (χ2n) is 5.87. The summed E-state index contributed by atoms with van der Waals surface area (Å²) in [5.41, 5.74) is 1.28. The Morgan fingerprint density at radius 2 is 1.82 bits per heavy atom. The van der Waals surface area contributed by atoms with Crippen LogP contribution in [-0.2, 0) is 4.74 Å². The van der Waals surface area contributed by atoms with Crippen LogP contribution < -0.4 is 9.47 Å². The summed E-state index contributed by atoms with van der Waals surface area (Å²) in [6, 6.07) is 6.63. The van der Waals surface area contributed by atoms with Gasteiger partial charge in [-0.25, -0.2) is 0 Å². The summed E-state index contributed by atoms with van der Waals surface area (Å²) in [6.07, 6.45) is 1.09. The third-order valence-corrected chi connectivity index (χ3v) is 4.13. The molecule has 0 bridgehead atoms. The van der Waals surface area contributed by atoms with E-state index < -0.39 is 0 Å². The van der Waals surface area contributed by atoms with E-state index in [4.69, 9.17) is 14.2 Å². The van der Waals surface area contributed by atoms with Crippen molar-refractivity contribution >= 4 is 0 Å². The monoisotopic (exact) mass is 308 g/mol. The van der Waals surface area contributed by atoms with E-state index in [9.17, 15) is 0 Å². The van der Waals surface area contributed by atoms with E-state index in [0.717, 1.165) is 50.8 Å². The van der Waals surface area contributed by atoms with E-state index in [0.29, 0.717) is 6.04 Å². The minimum Gasteiger partial charge on any atom is -0.493 e. The van der Waals surface area contributed by atoms with E-state index in [1.165, 1.54) is 5.56 Å². The number of methoxy groups -OCH3 is 2. The summed E-state index contributed by atoms with van der Waals surface area (Å²) in [5.74, 6) is 1.57.